The molecule has 1 atom stereocenters. The highest BCUT2D eigenvalue weighted by Crippen LogP contribution is 2.22. The van der Waals surface area contributed by atoms with Gasteiger partial charge in [0.2, 0.25) is 0 Å². The molecular weight excluding hydrogens is 247 g/mol. The van der Waals surface area contributed by atoms with Crippen molar-refractivity contribution in [3.8, 4) is 0 Å². The van der Waals surface area contributed by atoms with Crippen LogP contribution in [0.3, 0.4) is 0 Å². The van der Waals surface area contributed by atoms with Gasteiger partial charge in [-0.25, -0.2) is 9.18 Å². The Kier molecular flexibility index (Phi) is 4.37. The topological polar surface area (TPSA) is 41.6 Å². The Hall–Kier alpha value is -1.62. The van der Waals surface area contributed by atoms with Gasteiger partial charge in [0, 0.05) is 12.6 Å². The van der Waals surface area contributed by atoms with Gasteiger partial charge in [0.25, 0.3) is 0 Å². The van der Waals surface area contributed by atoms with Crippen molar-refractivity contribution in [2.45, 2.75) is 26.0 Å². The summed E-state index contributed by atoms with van der Waals surface area (Å²) in [4.78, 5) is 13.6. The molecule has 1 saturated heterocycles. The van der Waals surface area contributed by atoms with Crippen molar-refractivity contribution in [3.63, 3.8) is 0 Å². The molecule has 104 valence electrons. The Morgan fingerprint density at radius 3 is 3.00 bits per heavy atom. The van der Waals surface area contributed by atoms with Crippen molar-refractivity contribution >= 4 is 6.03 Å². The molecule has 0 aromatic heterocycles. The summed E-state index contributed by atoms with van der Waals surface area (Å²) in [6, 6.07) is 6.32. The molecular formula is C14H19FN2O2. The van der Waals surface area contributed by atoms with Crippen LogP contribution in [-0.2, 0) is 4.74 Å². The minimum absolute atomic E-state index is 0.0975. The zero-order valence-corrected chi connectivity index (χ0v) is 11.2. The molecule has 19 heavy (non-hydrogen) atoms. The largest absolute Gasteiger partial charge is 0.370 e. The van der Waals surface area contributed by atoms with Crippen LogP contribution < -0.4 is 5.32 Å². The van der Waals surface area contributed by atoms with Crippen LogP contribution in [0.15, 0.2) is 24.3 Å². The average Bonchev–Trinajstić information content (AvgIpc) is 2.38. The number of carbonyl (C=O) groups is 1. The molecule has 5 heteroatoms. The van der Waals surface area contributed by atoms with Gasteiger partial charge >= 0.3 is 6.03 Å². The molecule has 1 aliphatic heterocycles. The molecule has 0 saturated carbocycles. The minimum atomic E-state index is -0.287. The van der Waals surface area contributed by atoms with Crippen LogP contribution in [0.25, 0.3) is 0 Å². The molecule has 1 aliphatic rings. The molecule has 0 unspecified atom stereocenters. The normalized spacial score (nSPS) is 19.6. The quantitative estimate of drug-likeness (QED) is 0.892. The van der Waals surface area contributed by atoms with E-state index in [9.17, 15) is 9.18 Å². The van der Waals surface area contributed by atoms with Crippen LogP contribution >= 0.6 is 0 Å². The first-order valence-corrected chi connectivity index (χ1v) is 6.49. The number of hydrogen-bond acceptors (Lipinski definition) is 2. The summed E-state index contributed by atoms with van der Waals surface area (Å²) >= 11 is 0. The molecule has 2 rings (SSSR count). The van der Waals surface area contributed by atoms with Crippen LogP contribution in [0.1, 0.15) is 25.5 Å². The Morgan fingerprint density at radius 2 is 2.32 bits per heavy atom. The smallest absolute Gasteiger partial charge is 0.317 e. The van der Waals surface area contributed by atoms with Crippen LogP contribution in [0.2, 0.25) is 0 Å². The van der Waals surface area contributed by atoms with E-state index < -0.39 is 0 Å². The second-order valence-electron chi connectivity index (χ2n) is 4.96. The Labute approximate surface area is 112 Å². The van der Waals surface area contributed by atoms with Gasteiger partial charge in [-0.3, -0.25) is 0 Å². The number of halogens is 1. The predicted octanol–water partition coefficient (Wildman–Crippen LogP) is 2.32. The highest BCUT2D eigenvalue weighted by molar-refractivity contribution is 5.74. The SMILES string of the molecule is CC(C)NC(=O)N1CCO[C@@H](c2cccc(F)c2)C1. The van der Waals surface area contributed by atoms with Crippen molar-refractivity contribution in [3.05, 3.63) is 35.6 Å². The lowest BCUT2D eigenvalue weighted by atomic mass is 10.1. The second-order valence-corrected chi connectivity index (χ2v) is 4.96. The summed E-state index contributed by atoms with van der Waals surface area (Å²) in [7, 11) is 0. The van der Waals surface area contributed by atoms with Gasteiger partial charge in [-0.1, -0.05) is 12.1 Å². The number of hydrogen-bond donors (Lipinski definition) is 1. The summed E-state index contributed by atoms with van der Waals surface area (Å²) in [5.41, 5.74) is 0.766. The molecule has 1 N–H and O–H groups in total. The molecule has 4 nitrogen and oxygen atoms in total. The van der Waals surface area contributed by atoms with E-state index in [1.165, 1.54) is 12.1 Å². The van der Waals surface area contributed by atoms with E-state index in [2.05, 4.69) is 5.32 Å². The molecule has 1 aromatic carbocycles. The lowest BCUT2D eigenvalue weighted by Crippen LogP contribution is -2.48. The highest BCUT2D eigenvalue weighted by atomic mass is 19.1. The fourth-order valence-electron chi connectivity index (χ4n) is 2.08. The fraction of sp³-hybridized carbons (Fsp3) is 0.500. The van der Waals surface area contributed by atoms with Gasteiger partial charge in [0.15, 0.2) is 0 Å². The van der Waals surface area contributed by atoms with Gasteiger partial charge in [-0.2, -0.15) is 0 Å². The van der Waals surface area contributed by atoms with Crippen LogP contribution in [0, 0.1) is 5.82 Å². The summed E-state index contributed by atoms with van der Waals surface area (Å²) in [5.74, 6) is -0.287. The summed E-state index contributed by atoms with van der Waals surface area (Å²) in [6.07, 6.45) is -0.262. The van der Waals surface area contributed by atoms with Crippen molar-refractivity contribution in [2.75, 3.05) is 19.7 Å². The van der Waals surface area contributed by atoms with E-state index in [0.717, 1.165) is 5.56 Å². The van der Waals surface area contributed by atoms with Gasteiger partial charge in [0.05, 0.1) is 13.2 Å². The fourth-order valence-corrected chi connectivity index (χ4v) is 2.08. The van der Waals surface area contributed by atoms with Crippen molar-refractivity contribution < 1.29 is 13.9 Å². The summed E-state index contributed by atoms with van der Waals surface area (Å²) in [5, 5.41) is 2.85. The summed E-state index contributed by atoms with van der Waals surface area (Å²) in [6.45, 7) is 5.31. The standard InChI is InChI=1S/C14H19FN2O2/c1-10(2)16-14(18)17-6-7-19-13(9-17)11-4-3-5-12(15)8-11/h3-5,8,10,13H,6-7,9H2,1-2H3,(H,16,18)/t13-/m1/s1. The average molecular weight is 266 g/mol. The first-order chi connectivity index (χ1) is 9.06. The number of ether oxygens (including phenoxy) is 1. The molecule has 0 bridgehead atoms. The van der Waals surface area contributed by atoms with Crippen LogP contribution in [-0.4, -0.2) is 36.7 Å². The van der Waals surface area contributed by atoms with Gasteiger partial charge < -0.3 is 15.0 Å². The van der Waals surface area contributed by atoms with E-state index in [1.54, 1.807) is 11.0 Å². The van der Waals surface area contributed by atoms with E-state index in [4.69, 9.17) is 4.74 Å². The summed E-state index contributed by atoms with van der Waals surface area (Å²) < 4.78 is 18.8. The molecule has 0 spiro atoms. The molecule has 1 fully saturated rings. The number of urea groups is 1. The zero-order valence-electron chi connectivity index (χ0n) is 11.2. The van der Waals surface area contributed by atoms with Gasteiger partial charge in [-0.15, -0.1) is 0 Å². The number of nitrogens with one attached hydrogen (secondary N) is 1. The van der Waals surface area contributed by atoms with Crippen LogP contribution in [0.4, 0.5) is 9.18 Å². The van der Waals surface area contributed by atoms with Crippen LogP contribution in [0.5, 0.6) is 0 Å². The molecule has 0 radical (unpaired) electrons. The van der Waals surface area contributed by atoms with E-state index in [-0.39, 0.29) is 24.0 Å². The maximum atomic E-state index is 13.2. The van der Waals surface area contributed by atoms with Crippen molar-refractivity contribution in [1.29, 1.82) is 0 Å². The Balaban J connectivity index is 2.03. The number of morpholine rings is 1. The number of rotatable bonds is 2. The number of carbonyl (C=O) groups excluding carboxylic acids is 1. The zero-order chi connectivity index (χ0) is 13.8. The van der Waals surface area contributed by atoms with E-state index >= 15 is 0 Å². The van der Waals surface area contributed by atoms with E-state index in [0.29, 0.717) is 19.7 Å². The monoisotopic (exact) mass is 266 g/mol. The highest BCUT2D eigenvalue weighted by Gasteiger charge is 2.25. The maximum absolute atomic E-state index is 13.2. The third-order valence-electron chi connectivity index (χ3n) is 2.99. The number of nitrogens with zero attached hydrogens (tertiary/aromatic N) is 1. The lowest BCUT2D eigenvalue weighted by molar-refractivity contribution is -0.0157. The van der Waals surface area contributed by atoms with Gasteiger partial charge in [0.1, 0.15) is 11.9 Å². The first-order valence-electron chi connectivity index (χ1n) is 6.49. The lowest BCUT2D eigenvalue weighted by Gasteiger charge is -2.33. The number of amides is 2. The second kappa shape index (κ2) is 6.02. The van der Waals surface area contributed by atoms with Gasteiger partial charge in [-0.05, 0) is 31.5 Å². The molecule has 1 aromatic rings. The number of benzene rings is 1. The Bertz CT molecular complexity index is 451. The third kappa shape index (κ3) is 3.67. The third-order valence-corrected chi connectivity index (χ3v) is 2.99. The van der Waals surface area contributed by atoms with Crippen molar-refractivity contribution in [1.82, 2.24) is 10.2 Å². The molecule has 1 heterocycles. The first kappa shape index (κ1) is 13.8. The minimum Gasteiger partial charge on any atom is -0.370 e. The Morgan fingerprint density at radius 1 is 1.53 bits per heavy atom. The van der Waals surface area contributed by atoms with E-state index in [1.807, 2.05) is 19.9 Å². The molecule has 0 aliphatic carbocycles. The predicted molar refractivity (Wildman–Crippen MR) is 70.3 cm³/mol. The van der Waals surface area contributed by atoms with Crippen molar-refractivity contribution in [2.24, 2.45) is 0 Å². The molecule has 2 amide bonds. The maximum Gasteiger partial charge on any atom is 0.317 e.